The highest BCUT2D eigenvalue weighted by atomic mass is 16.5. The Labute approximate surface area is 180 Å². The minimum Gasteiger partial charge on any atom is -0.463 e. The van der Waals surface area contributed by atoms with Crippen LogP contribution in [0.25, 0.3) is 0 Å². The molecule has 4 saturated carbocycles. The Morgan fingerprint density at radius 1 is 1.03 bits per heavy atom. The van der Waals surface area contributed by atoms with Gasteiger partial charge in [-0.1, -0.05) is 13.8 Å². The second-order valence-corrected chi connectivity index (χ2v) is 11.5. The van der Waals surface area contributed by atoms with Gasteiger partial charge in [0.25, 0.3) is 0 Å². The fourth-order valence-corrected chi connectivity index (χ4v) is 8.74. The molecule has 5 heteroatoms. The predicted octanol–water partition coefficient (Wildman–Crippen LogP) is 3.64. The Morgan fingerprint density at radius 3 is 2.40 bits per heavy atom. The number of hydrogen-bond donors (Lipinski definition) is 0. The van der Waals surface area contributed by atoms with Crippen LogP contribution in [-0.4, -0.2) is 47.7 Å². The number of carbonyl (C=O) groups is 3. The van der Waals surface area contributed by atoms with E-state index in [-0.39, 0.29) is 35.2 Å². The number of hydrogen-bond acceptors (Lipinski definition) is 5. The molecule has 0 aromatic heterocycles. The molecule has 9 atom stereocenters. The first-order valence-electron chi connectivity index (χ1n) is 12.1. The summed E-state index contributed by atoms with van der Waals surface area (Å²) in [5.41, 5.74) is -0.321. The minimum atomic E-state index is -0.474. The number of nitrogens with zero attached hydrogens (tertiary/aromatic N) is 1. The summed E-state index contributed by atoms with van der Waals surface area (Å²) in [4.78, 5) is 40.4. The minimum absolute atomic E-state index is 0.0438. The molecule has 0 radical (unpaired) electrons. The summed E-state index contributed by atoms with van der Waals surface area (Å²) in [6, 6.07) is 0.269. The van der Waals surface area contributed by atoms with Crippen LogP contribution >= 0.6 is 0 Å². The van der Waals surface area contributed by atoms with Gasteiger partial charge in [-0.25, -0.2) is 0 Å². The molecule has 5 fully saturated rings. The highest BCUT2D eigenvalue weighted by Crippen LogP contribution is 2.67. The lowest BCUT2D eigenvalue weighted by atomic mass is 9.44. The zero-order valence-corrected chi connectivity index (χ0v) is 19.0. The van der Waals surface area contributed by atoms with Crippen molar-refractivity contribution in [1.29, 1.82) is 0 Å². The Morgan fingerprint density at radius 2 is 1.77 bits per heavy atom. The van der Waals surface area contributed by atoms with Crippen LogP contribution < -0.4 is 0 Å². The van der Waals surface area contributed by atoms with Gasteiger partial charge in [-0.05, 0) is 74.5 Å². The highest BCUT2D eigenvalue weighted by molar-refractivity contribution is 5.94. The van der Waals surface area contributed by atoms with Crippen molar-refractivity contribution in [2.75, 3.05) is 13.1 Å². The molecule has 30 heavy (non-hydrogen) atoms. The lowest BCUT2D eigenvalue weighted by molar-refractivity contribution is -0.167. The summed E-state index contributed by atoms with van der Waals surface area (Å²) in [6.07, 6.45) is 6.92. The first-order valence-corrected chi connectivity index (χ1v) is 12.1. The third-order valence-corrected chi connectivity index (χ3v) is 10.2. The van der Waals surface area contributed by atoms with E-state index in [2.05, 4.69) is 18.7 Å². The molecule has 0 unspecified atom stereocenters. The van der Waals surface area contributed by atoms with E-state index >= 15 is 0 Å². The van der Waals surface area contributed by atoms with Crippen LogP contribution in [-0.2, 0) is 19.1 Å². The van der Waals surface area contributed by atoms with Crippen molar-refractivity contribution in [1.82, 2.24) is 4.90 Å². The average Bonchev–Trinajstić information content (AvgIpc) is 3.45. The maximum absolute atomic E-state index is 13.7. The van der Waals surface area contributed by atoms with Crippen LogP contribution in [0.5, 0.6) is 0 Å². The Bertz CT molecular complexity index is 775. The van der Waals surface area contributed by atoms with Gasteiger partial charge in [-0.15, -0.1) is 0 Å². The number of ketones is 2. The smallest absolute Gasteiger partial charge is 0.302 e. The van der Waals surface area contributed by atoms with E-state index in [0.717, 1.165) is 51.6 Å². The van der Waals surface area contributed by atoms with Crippen molar-refractivity contribution in [2.45, 2.75) is 84.8 Å². The first-order chi connectivity index (χ1) is 14.2. The van der Waals surface area contributed by atoms with Gasteiger partial charge in [-0.3, -0.25) is 19.3 Å². The topological polar surface area (TPSA) is 63.5 Å². The summed E-state index contributed by atoms with van der Waals surface area (Å²) in [7, 11) is 0. The number of rotatable bonds is 3. The van der Waals surface area contributed by atoms with E-state index in [0.29, 0.717) is 35.9 Å². The van der Waals surface area contributed by atoms with Crippen molar-refractivity contribution in [3.8, 4) is 0 Å². The maximum atomic E-state index is 13.7. The van der Waals surface area contributed by atoms with E-state index in [9.17, 15) is 14.4 Å². The maximum Gasteiger partial charge on any atom is 0.302 e. The molecule has 0 bridgehead atoms. The number of carbonyl (C=O) groups excluding carboxylic acids is 3. The standard InChI is InChI=1S/C25H37NO4/c1-14(27)23-21(26-9-10-26)12-20-18-6-5-16-11-17(30-15(2)28)7-8-24(16,3)19(18)13-22(29)25(20,23)4/h16-21,23H,5-13H2,1-4H3/t16-,17+,18-,19+,20+,21+,23+,24+,25-/m1/s1. The highest BCUT2D eigenvalue weighted by Gasteiger charge is 2.67. The zero-order chi connectivity index (χ0) is 21.4. The predicted molar refractivity (Wildman–Crippen MR) is 113 cm³/mol. The quantitative estimate of drug-likeness (QED) is 0.520. The fourth-order valence-electron chi connectivity index (χ4n) is 8.74. The summed E-state index contributed by atoms with van der Waals surface area (Å²) in [5, 5.41) is 0. The third kappa shape index (κ3) is 2.87. The number of Topliss-reactive ketones (excluding diaryl/α,β-unsaturated/α-hetero) is 2. The first kappa shape index (κ1) is 20.7. The summed E-state index contributed by atoms with van der Waals surface area (Å²) >= 11 is 0. The van der Waals surface area contributed by atoms with E-state index in [1.54, 1.807) is 6.92 Å². The van der Waals surface area contributed by atoms with E-state index < -0.39 is 5.41 Å². The van der Waals surface area contributed by atoms with Crippen LogP contribution in [0.4, 0.5) is 0 Å². The number of ether oxygens (including phenoxy) is 1. The SMILES string of the molecule is CC(=O)O[C@H]1CC[C@@]2(C)[C@H](CC[C@@H]3[C@@H]2CC(=O)[C@@]2(C)[C@H]3C[C@H](N3CC3)[C@@H]2C(C)=O)C1. The van der Waals surface area contributed by atoms with Crippen molar-refractivity contribution >= 4 is 17.5 Å². The van der Waals surface area contributed by atoms with Gasteiger partial charge in [0, 0.05) is 43.8 Å². The van der Waals surface area contributed by atoms with E-state index in [1.807, 2.05) is 0 Å². The van der Waals surface area contributed by atoms with Crippen LogP contribution in [0.3, 0.4) is 0 Å². The molecule has 1 saturated heterocycles. The third-order valence-electron chi connectivity index (χ3n) is 10.2. The molecular formula is C25H37NO4. The molecule has 5 aliphatic rings. The second-order valence-electron chi connectivity index (χ2n) is 11.5. The van der Waals surface area contributed by atoms with E-state index in [1.165, 1.54) is 6.92 Å². The molecule has 166 valence electrons. The van der Waals surface area contributed by atoms with Gasteiger partial charge in [-0.2, -0.15) is 0 Å². The molecule has 0 aromatic carbocycles. The molecule has 4 aliphatic carbocycles. The molecule has 1 heterocycles. The molecule has 0 aromatic rings. The molecule has 0 spiro atoms. The van der Waals surface area contributed by atoms with Gasteiger partial charge >= 0.3 is 5.97 Å². The lowest BCUT2D eigenvalue weighted by Gasteiger charge is -2.60. The number of esters is 1. The summed E-state index contributed by atoms with van der Waals surface area (Å²) < 4.78 is 5.57. The van der Waals surface area contributed by atoms with Crippen LogP contribution in [0.1, 0.15) is 72.6 Å². The van der Waals surface area contributed by atoms with Crippen molar-refractivity contribution in [2.24, 2.45) is 40.4 Å². The Kier molecular flexibility index (Phi) is 4.74. The largest absolute Gasteiger partial charge is 0.463 e. The molecule has 0 amide bonds. The average molecular weight is 416 g/mol. The van der Waals surface area contributed by atoms with Crippen LogP contribution in [0.2, 0.25) is 0 Å². The summed E-state index contributed by atoms with van der Waals surface area (Å²) in [5.74, 6) is 2.10. The molecule has 5 nitrogen and oxygen atoms in total. The Hall–Kier alpha value is -1.23. The van der Waals surface area contributed by atoms with Crippen molar-refractivity contribution in [3.63, 3.8) is 0 Å². The normalized spacial score (nSPS) is 50.3. The monoisotopic (exact) mass is 415 g/mol. The fraction of sp³-hybridized carbons (Fsp3) is 0.880. The second kappa shape index (κ2) is 6.88. The molecule has 5 rings (SSSR count). The van der Waals surface area contributed by atoms with Gasteiger partial charge in [0.15, 0.2) is 0 Å². The Balaban J connectivity index is 1.43. The zero-order valence-electron chi connectivity index (χ0n) is 19.0. The lowest BCUT2D eigenvalue weighted by Crippen LogP contribution is -2.58. The van der Waals surface area contributed by atoms with Gasteiger partial charge < -0.3 is 4.74 Å². The van der Waals surface area contributed by atoms with E-state index in [4.69, 9.17) is 4.74 Å². The summed E-state index contributed by atoms with van der Waals surface area (Å²) in [6.45, 7) is 9.92. The van der Waals surface area contributed by atoms with Gasteiger partial charge in [0.05, 0.1) is 0 Å². The van der Waals surface area contributed by atoms with Crippen molar-refractivity contribution < 1.29 is 19.1 Å². The van der Waals surface area contributed by atoms with Crippen LogP contribution in [0, 0.1) is 40.4 Å². The van der Waals surface area contributed by atoms with Gasteiger partial charge in [0.1, 0.15) is 17.7 Å². The molecular weight excluding hydrogens is 378 g/mol. The van der Waals surface area contributed by atoms with Gasteiger partial charge in [0.2, 0.25) is 0 Å². The van der Waals surface area contributed by atoms with Crippen LogP contribution in [0.15, 0.2) is 0 Å². The number of fused-ring (bicyclic) bond motifs is 5. The molecule has 0 N–H and O–H groups in total. The molecule has 1 aliphatic heterocycles. The van der Waals surface area contributed by atoms with Crippen molar-refractivity contribution in [3.05, 3.63) is 0 Å².